The molecule has 0 unspecified atom stereocenters. The molecule has 0 N–H and O–H groups in total. The van der Waals surface area contributed by atoms with Crippen LogP contribution in [0.5, 0.6) is 0 Å². The summed E-state index contributed by atoms with van der Waals surface area (Å²) in [5, 5.41) is 0.913. The van der Waals surface area contributed by atoms with Crippen molar-refractivity contribution in [2.45, 2.75) is 20.0 Å². The van der Waals surface area contributed by atoms with E-state index in [4.69, 9.17) is 0 Å². The Morgan fingerprint density at radius 3 is 2.19 bits per heavy atom. The first-order valence-corrected chi connectivity index (χ1v) is 4.96. The summed E-state index contributed by atoms with van der Waals surface area (Å²) >= 11 is 0. The van der Waals surface area contributed by atoms with Crippen LogP contribution >= 0.6 is 0 Å². The van der Waals surface area contributed by atoms with Gasteiger partial charge >= 0.3 is 6.18 Å². The van der Waals surface area contributed by atoms with Crippen LogP contribution in [0.25, 0.3) is 10.8 Å². The van der Waals surface area contributed by atoms with Crippen LogP contribution in [0.3, 0.4) is 0 Å². The number of halogens is 3. The molecule has 0 spiro atoms. The summed E-state index contributed by atoms with van der Waals surface area (Å²) < 4.78 is 38.5. The van der Waals surface area contributed by atoms with Crippen molar-refractivity contribution in [2.75, 3.05) is 0 Å². The van der Waals surface area contributed by atoms with E-state index in [9.17, 15) is 13.2 Å². The van der Waals surface area contributed by atoms with Gasteiger partial charge < -0.3 is 0 Å². The first kappa shape index (κ1) is 11.0. The van der Waals surface area contributed by atoms with E-state index in [1.165, 1.54) is 6.07 Å². The van der Waals surface area contributed by atoms with Crippen LogP contribution in [-0.2, 0) is 6.18 Å². The predicted molar refractivity (Wildman–Crippen MR) is 58.4 cm³/mol. The SMILES string of the molecule is Cc1cc(C(F)(F)F)c2cc(C)ccc2c1. The van der Waals surface area contributed by atoms with Crippen LogP contribution in [0.15, 0.2) is 30.3 Å². The zero-order valence-corrected chi connectivity index (χ0v) is 9.02. The summed E-state index contributed by atoms with van der Waals surface area (Å²) in [5.74, 6) is 0. The van der Waals surface area contributed by atoms with Gasteiger partial charge in [0.05, 0.1) is 5.56 Å². The summed E-state index contributed by atoms with van der Waals surface area (Å²) in [6, 6.07) is 8.10. The molecule has 0 aromatic heterocycles. The average molecular weight is 224 g/mol. The molecule has 0 saturated heterocycles. The lowest BCUT2D eigenvalue weighted by molar-refractivity contribution is -0.136. The standard InChI is InChI=1S/C13H11F3/c1-8-3-4-10-5-9(2)7-12(11(10)6-8)13(14,15)16/h3-7H,1-2H3. The Labute approximate surface area is 91.7 Å². The molecule has 0 aliphatic carbocycles. The van der Waals surface area contributed by atoms with Gasteiger partial charge in [-0.1, -0.05) is 29.8 Å². The molecule has 2 aromatic rings. The second-order valence-electron chi connectivity index (χ2n) is 4.03. The van der Waals surface area contributed by atoms with Crippen molar-refractivity contribution in [1.82, 2.24) is 0 Å². The van der Waals surface area contributed by atoms with E-state index < -0.39 is 11.7 Å². The highest BCUT2D eigenvalue weighted by Crippen LogP contribution is 2.35. The third kappa shape index (κ3) is 1.90. The molecule has 0 aliphatic rings. The van der Waals surface area contributed by atoms with Crippen molar-refractivity contribution in [3.05, 3.63) is 47.0 Å². The lowest BCUT2D eigenvalue weighted by atomic mass is 9.99. The molecule has 0 saturated carbocycles. The summed E-state index contributed by atoms with van der Waals surface area (Å²) in [5.41, 5.74) is 0.914. The number of hydrogen-bond acceptors (Lipinski definition) is 0. The zero-order chi connectivity index (χ0) is 11.9. The average Bonchev–Trinajstić information content (AvgIpc) is 2.16. The third-order valence-electron chi connectivity index (χ3n) is 2.56. The summed E-state index contributed by atoms with van der Waals surface area (Å²) in [4.78, 5) is 0. The molecule has 84 valence electrons. The van der Waals surface area contributed by atoms with Crippen molar-refractivity contribution >= 4 is 10.8 Å². The topological polar surface area (TPSA) is 0 Å². The first-order valence-electron chi connectivity index (χ1n) is 4.96. The molecule has 0 amide bonds. The molecule has 3 heteroatoms. The fourth-order valence-electron chi connectivity index (χ4n) is 1.86. The van der Waals surface area contributed by atoms with Crippen LogP contribution in [0.4, 0.5) is 13.2 Å². The van der Waals surface area contributed by atoms with Crippen LogP contribution in [0, 0.1) is 13.8 Å². The van der Waals surface area contributed by atoms with Gasteiger partial charge in [-0.25, -0.2) is 0 Å². The molecule has 0 aliphatic heterocycles. The largest absolute Gasteiger partial charge is 0.417 e. The fourth-order valence-corrected chi connectivity index (χ4v) is 1.86. The molecule has 2 rings (SSSR count). The second-order valence-corrected chi connectivity index (χ2v) is 4.03. The molecule has 0 bridgehead atoms. The Morgan fingerprint density at radius 2 is 1.56 bits per heavy atom. The second kappa shape index (κ2) is 3.51. The fraction of sp³-hybridized carbons (Fsp3) is 0.231. The van der Waals surface area contributed by atoms with Gasteiger partial charge in [0.25, 0.3) is 0 Å². The molecule has 0 fully saturated rings. The third-order valence-corrected chi connectivity index (χ3v) is 2.56. The zero-order valence-electron chi connectivity index (χ0n) is 9.02. The minimum absolute atomic E-state index is 0.276. The smallest absolute Gasteiger partial charge is 0.166 e. The van der Waals surface area contributed by atoms with E-state index in [1.807, 2.05) is 6.07 Å². The minimum Gasteiger partial charge on any atom is -0.166 e. The van der Waals surface area contributed by atoms with Crippen molar-refractivity contribution in [3.63, 3.8) is 0 Å². The summed E-state index contributed by atoms with van der Waals surface area (Å²) in [7, 11) is 0. The van der Waals surface area contributed by atoms with Crippen LogP contribution in [-0.4, -0.2) is 0 Å². The van der Waals surface area contributed by atoms with E-state index in [0.717, 1.165) is 5.56 Å². The van der Waals surface area contributed by atoms with E-state index in [-0.39, 0.29) is 5.39 Å². The van der Waals surface area contributed by atoms with E-state index in [0.29, 0.717) is 10.9 Å². The molecule has 0 heterocycles. The highest BCUT2D eigenvalue weighted by Gasteiger charge is 2.32. The van der Waals surface area contributed by atoms with E-state index >= 15 is 0 Å². The van der Waals surface area contributed by atoms with Crippen molar-refractivity contribution < 1.29 is 13.2 Å². The highest BCUT2D eigenvalue weighted by atomic mass is 19.4. The highest BCUT2D eigenvalue weighted by molar-refractivity contribution is 5.87. The Kier molecular flexibility index (Phi) is 2.41. The number of rotatable bonds is 0. The molecular formula is C13H11F3. The monoisotopic (exact) mass is 224 g/mol. The van der Waals surface area contributed by atoms with Gasteiger partial charge in [0.15, 0.2) is 0 Å². The van der Waals surface area contributed by atoms with Crippen molar-refractivity contribution in [1.29, 1.82) is 0 Å². The molecular weight excluding hydrogens is 213 g/mol. The number of aryl methyl sites for hydroxylation is 2. The summed E-state index contributed by atoms with van der Waals surface area (Å²) in [6.45, 7) is 3.47. The Bertz CT molecular complexity index is 539. The van der Waals surface area contributed by atoms with Gasteiger partial charge in [0, 0.05) is 0 Å². The van der Waals surface area contributed by atoms with Gasteiger partial charge in [-0.2, -0.15) is 13.2 Å². The molecule has 0 atom stereocenters. The van der Waals surface area contributed by atoms with Gasteiger partial charge in [-0.3, -0.25) is 0 Å². The van der Waals surface area contributed by atoms with Crippen LogP contribution in [0.1, 0.15) is 16.7 Å². The quantitative estimate of drug-likeness (QED) is 0.619. The van der Waals surface area contributed by atoms with Crippen LogP contribution < -0.4 is 0 Å². The maximum absolute atomic E-state index is 12.8. The molecule has 2 aromatic carbocycles. The molecule has 0 radical (unpaired) electrons. The Morgan fingerprint density at radius 1 is 0.875 bits per heavy atom. The van der Waals surface area contributed by atoms with Gasteiger partial charge in [-0.15, -0.1) is 0 Å². The predicted octanol–water partition coefficient (Wildman–Crippen LogP) is 4.48. The van der Waals surface area contributed by atoms with E-state index in [2.05, 4.69) is 0 Å². The summed E-state index contributed by atoms with van der Waals surface area (Å²) in [6.07, 6.45) is -4.29. The van der Waals surface area contributed by atoms with Crippen molar-refractivity contribution in [3.8, 4) is 0 Å². The lowest BCUT2D eigenvalue weighted by Crippen LogP contribution is -2.06. The minimum atomic E-state index is -4.29. The normalized spacial score (nSPS) is 12.1. The van der Waals surface area contributed by atoms with E-state index in [1.54, 1.807) is 32.0 Å². The molecule has 16 heavy (non-hydrogen) atoms. The number of benzene rings is 2. The van der Waals surface area contributed by atoms with Crippen LogP contribution in [0.2, 0.25) is 0 Å². The van der Waals surface area contributed by atoms with Crippen molar-refractivity contribution in [2.24, 2.45) is 0 Å². The Hall–Kier alpha value is -1.51. The van der Waals surface area contributed by atoms with Gasteiger partial charge in [0.2, 0.25) is 0 Å². The van der Waals surface area contributed by atoms with Gasteiger partial charge in [0.1, 0.15) is 0 Å². The Balaban J connectivity index is 2.85. The number of alkyl halides is 3. The maximum Gasteiger partial charge on any atom is 0.417 e. The lowest BCUT2D eigenvalue weighted by Gasteiger charge is -2.12. The molecule has 0 nitrogen and oxygen atoms in total. The number of hydrogen-bond donors (Lipinski definition) is 0. The number of fused-ring (bicyclic) bond motifs is 1. The van der Waals surface area contributed by atoms with Gasteiger partial charge in [-0.05, 0) is 36.2 Å². The first-order chi connectivity index (χ1) is 7.38. The maximum atomic E-state index is 12.8.